The van der Waals surface area contributed by atoms with Gasteiger partial charge in [-0.05, 0) is 31.6 Å². The maximum Gasteiger partial charge on any atom is 0.257 e. The van der Waals surface area contributed by atoms with Gasteiger partial charge < -0.3 is 10.0 Å². The van der Waals surface area contributed by atoms with E-state index >= 15 is 0 Å². The van der Waals surface area contributed by atoms with Crippen molar-refractivity contribution in [3.63, 3.8) is 0 Å². The summed E-state index contributed by atoms with van der Waals surface area (Å²) in [6.07, 6.45) is 9.44. The number of aryl methyl sites for hydroxylation is 2. The van der Waals surface area contributed by atoms with Gasteiger partial charge in [0.05, 0.1) is 11.3 Å². The van der Waals surface area contributed by atoms with Gasteiger partial charge in [0.2, 0.25) is 0 Å². The number of amides is 1. The normalized spacial score (nSPS) is 17.5. The third-order valence-corrected chi connectivity index (χ3v) is 4.70. The average Bonchev–Trinajstić information content (AvgIpc) is 3.13. The number of aliphatic hydroxyl groups excluding tert-OH is 1. The van der Waals surface area contributed by atoms with E-state index in [4.69, 9.17) is 5.11 Å². The van der Waals surface area contributed by atoms with Crippen LogP contribution in [-0.2, 0) is 19.4 Å². The molecule has 1 fully saturated rings. The summed E-state index contributed by atoms with van der Waals surface area (Å²) in [7, 11) is 0. The van der Waals surface area contributed by atoms with Gasteiger partial charge in [0.1, 0.15) is 5.82 Å². The number of aliphatic hydroxyl groups is 1. The molecule has 3 heterocycles. The lowest BCUT2D eigenvalue weighted by molar-refractivity contribution is 0.0658. The summed E-state index contributed by atoms with van der Waals surface area (Å²) in [5, 5.41) is 17.2. The zero-order valence-electron chi connectivity index (χ0n) is 15.2. The van der Waals surface area contributed by atoms with Gasteiger partial charge in [0.25, 0.3) is 5.91 Å². The Bertz CT molecular complexity index is 715. The monoisotopic (exact) mass is 358 g/mol. The second-order valence-electron chi connectivity index (χ2n) is 6.76. The Morgan fingerprint density at radius 3 is 2.88 bits per heavy atom. The van der Waals surface area contributed by atoms with Crippen molar-refractivity contribution in [1.29, 1.82) is 0 Å². The van der Waals surface area contributed by atoms with E-state index in [2.05, 4.69) is 20.3 Å². The highest BCUT2D eigenvalue weighted by molar-refractivity contribution is 5.93. The van der Waals surface area contributed by atoms with Gasteiger partial charge in [0.15, 0.2) is 0 Å². The predicted octanol–water partition coefficient (Wildman–Crippen LogP) is 1.11. The Morgan fingerprint density at radius 2 is 2.15 bits per heavy atom. The van der Waals surface area contributed by atoms with Crippen molar-refractivity contribution >= 4 is 5.91 Å². The molecule has 0 saturated carbocycles. The van der Waals surface area contributed by atoms with Crippen LogP contribution in [0, 0.1) is 5.92 Å². The number of hydrogen-bond donors (Lipinski definition) is 1. The molecule has 1 atom stereocenters. The number of carbonyl (C=O) groups is 1. The third kappa shape index (κ3) is 4.63. The van der Waals surface area contributed by atoms with E-state index in [-0.39, 0.29) is 12.5 Å². The molecular formula is C18H26N6O2. The first kappa shape index (κ1) is 18.4. The molecule has 26 heavy (non-hydrogen) atoms. The molecule has 8 heteroatoms. The summed E-state index contributed by atoms with van der Waals surface area (Å²) in [6, 6.07) is 0. The second kappa shape index (κ2) is 8.84. The van der Waals surface area contributed by atoms with Gasteiger partial charge in [0, 0.05) is 51.3 Å². The molecule has 1 aliphatic heterocycles. The summed E-state index contributed by atoms with van der Waals surface area (Å²) < 4.78 is 1.85. The first-order chi connectivity index (χ1) is 12.7. The van der Waals surface area contributed by atoms with Crippen molar-refractivity contribution in [3.8, 4) is 0 Å². The molecule has 0 bridgehead atoms. The van der Waals surface area contributed by atoms with Crippen molar-refractivity contribution in [2.24, 2.45) is 5.92 Å². The Kier molecular flexibility index (Phi) is 6.27. The number of rotatable bonds is 7. The molecule has 1 amide bonds. The molecule has 1 N–H and O–H groups in total. The third-order valence-electron chi connectivity index (χ3n) is 4.70. The van der Waals surface area contributed by atoms with E-state index in [0.717, 1.165) is 50.3 Å². The fourth-order valence-corrected chi connectivity index (χ4v) is 3.30. The topological polar surface area (TPSA) is 97.0 Å². The second-order valence-corrected chi connectivity index (χ2v) is 6.76. The highest BCUT2D eigenvalue weighted by Gasteiger charge is 2.25. The van der Waals surface area contributed by atoms with Crippen LogP contribution in [0.4, 0.5) is 0 Å². The van der Waals surface area contributed by atoms with Crippen molar-refractivity contribution in [2.75, 3.05) is 19.7 Å². The largest absolute Gasteiger partial charge is 0.396 e. The van der Waals surface area contributed by atoms with Crippen LogP contribution in [0.1, 0.15) is 48.1 Å². The number of aromatic nitrogens is 5. The molecule has 0 aromatic carbocycles. The SMILES string of the molecule is CCc1ncc(C(=O)N2CCCC(Cn3cc(CCCO)nn3)C2)cn1. The number of hydrogen-bond acceptors (Lipinski definition) is 6. The molecule has 0 spiro atoms. The van der Waals surface area contributed by atoms with Crippen LogP contribution in [0.5, 0.6) is 0 Å². The van der Waals surface area contributed by atoms with Crippen LogP contribution < -0.4 is 0 Å². The summed E-state index contributed by atoms with van der Waals surface area (Å²) in [5.41, 5.74) is 1.45. The Balaban J connectivity index is 1.57. The Labute approximate surface area is 153 Å². The van der Waals surface area contributed by atoms with Crippen molar-refractivity contribution in [2.45, 2.75) is 45.6 Å². The molecule has 0 aliphatic carbocycles. The molecule has 1 saturated heterocycles. The van der Waals surface area contributed by atoms with Gasteiger partial charge >= 0.3 is 0 Å². The van der Waals surface area contributed by atoms with E-state index in [1.54, 1.807) is 12.4 Å². The predicted molar refractivity (Wildman–Crippen MR) is 95.5 cm³/mol. The van der Waals surface area contributed by atoms with Crippen LogP contribution in [0.15, 0.2) is 18.6 Å². The number of likely N-dealkylation sites (tertiary alicyclic amines) is 1. The number of nitrogens with zero attached hydrogens (tertiary/aromatic N) is 6. The van der Waals surface area contributed by atoms with Crippen LogP contribution in [-0.4, -0.2) is 60.6 Å². The summed E-state index contributed by atoms with van der Waals surface area (Å²) in [6.45, 7) is 4.38. The maximum absolute atomic E-state index is 12.7. The highest BCUT2D eigenvalue weighted by Crippen LogP contribution is 2.20. The van der Waals surface area contributed by atoms with Gasteiger partial charge in [-0.1, -0.05) is 12.1 Å². The van der Waals surface area contributed by atoms with Crippen molar-refractivity contribution < 1.29 is 9.90 Å². The zero-order chi connectivity index (χ0) is 18.4. The minimum atomic E-state index is -0.000391. The highest BCUT2D eigenvalue weighted by atomic mass is 16.3. The Hall–Kier alpha value is -2.35. The van der Waals surface area contributed by atoms with Crippen molar-refractivity contribution in [1.82, 2.24) is 29.9 Å². The van der Waals surface area contributed by atoms with E-state index in [1.807, 2.05) is 22.7 Å². The average molecular weight is 358 g/mol. The summed E-state index contributed by atoms with van der Waals surface area (Å²) in [5.74, 6) is 1.11. The quantitative estimate of drug-likeness (QED) is 0.796. The molecule has 2 aromatic heterocycles. The minimum Gasteiger partial charge on any atom is -0.396 e. The minimum absolute atomic E-state index is 0.000391. The Morgan fingerprint density at radius 1 is 1.35 bits per heavy atom. The molecule has 1 aliphatic rings. The molecule has 3 rings (SSSR count). The van der Waals surface area contributed by atoms with Crippen LogP contribution in [0.3, 0.4) is 0 Å². The van der Waals surface area contributed by atoms with Gasteiger partial charge in [-0.3, -0.25) is 9.48 Å². The molecule has 2 aromatic rings. The van der Waals surface area contributed by atoms with Crippen LogP contribution in [0.2, 0.25) is 0 Å². The van der Waals surface area contributed by atoms with E-state index in [1.165, 1.54) is 0 Å². The lowest BCUT2D eigenvalue weighted by Gasteiger charge is -2.32. The fourth-order valence-electron chi connectivity index (χ4n) is 3.30. The molecular weight excluding hydrogens is 332 g/mol. The van der Waals surface area contributed by atoms with Gasteiger partial charge in [-0.2, -0.15) is 0 Å². The lowest BCUT2D eigenvalue weighted by Crippen LogP contribution is -2.41. The fraction of sp³-hybridized carbons (Fsp3) is 0.611. The van der Waals surface area contributed by atoms with Gasteiger partial charge in [-0.25, -0.2) is 9.97 Å². The van der Waals surface area contributed by atoms with Crippen molar-refractivity contribution in [3.05, 3.63) is 35.7 Å². The molecule has 1 unspecified atom stereocenters. The smallest absolute Gasteiger partial charge is 0.257 e. The standard InChI is InChI=1S/C18H26N6O2/c1-2-17-19-9-15(10-20-17)18(26)23-7-3-5-14(11-23)12-24-13-16(21-22-24)6-4-8-25/h9-10,13-14,25H,2-8,11-12H2,1H3. The number of carbonyl (C=O) groups excluding carboxylic acids is 1. The first-order valence-corrected chi connectivity index (χ1v) is 9.29. The lowest BCUT2D eigenvalue weighted by atomic mass is 9.97. The van der Waals surface area contributed by atoms with E-state index in [0.29, 0.717) is 24.4 Å². The zero-order valence-corrected chi connectivity index (χ0v) is 15.2. The summed E-state index contributed by atoms with van der Waals surface area (Å²) in [4.78, 5) is 23.1. The first-order valence-electron chi connectivity index (χ1n) is 9.29. The van der Waals surface area contributed by atoms with Crippen LogP contribution in [0.25, 0.3) is 0 Å². The van der Waals surface area contributed by atoms with Gasteiger partial charge in [-0.15, -0.1) is 5.10 Å². The number of piperidine rings is 1. The van der Waals surface area contributed by atoms with E-state index < -0.39 is 0 Å². The van der Waals surface area contributed by atoms with Crippen LogP contribution >= 0.6 is 0 Å². The summed E-state index contributed by atoms with van der Waals surface area (Å²) >= 11 is 0. The molecule has 0 radical (unpaired) electrons. The molecule has 140 valence electrons. The maximum atomic E-state index is 12.7. The molecule has 8 nitrogen and oxygen atoms in total. The van der Waals surface area contributed by atoms with E-state index in [9.17, 15) is 4.79 Å².